The molecule has 0 saturated carbocycles. The van der Waals surface area contributed by atoms with Gasteiger partial charge in [0, 0.05) is 34.2 Å². The summed E-state index contributed by atoms with van der Waals surface area (Å²) >= 11 is 4.02. The van der Waals surface area contributed by atoms with Crippen molar-refractivity contribution in [3.05, 3.63) is 76.9 Å². The van der Waals surface area contributed by atoms with Gasteiger partial charge in [-0.25, -0.2) is 4.39 Å². The predicted octanol–water partition coefficient (Wildman–Crippen LogP) is 5.91. The van der Waals surface area contributed by atoms with Crippen LogP contribution >= 0.6 is 12.6 Å². The summed E-state index contributed by atoms with van der Waals surface area (Å²) in [5.41, 5.74) is 0.985. The van der Waals surface area contributed by atoms with E-state index in [-0.39, 0.29) is 28.3 Å². The number of carbonyl (C=O) groups is 1. The molecule has 0 radical (unpaired) electrons. The van der Waals surface area contributed by atoms with Crippen LogP contribution < -0.4 is 10.1 Å². The maximum Gasteiger partial charge on any atom is 0.416 e. The first-order valence-electron chi connectivity index (χ1n) is 9.06. The van der Waals surface area contributed by atoms with E-state index < -0.39 is 23.5 Å². The summed E-state index contributed by atoms with van der Waals surface area (Å²) in [6.07, 6.45) is -3.22. The number of aromatic nitrogens is 1. The Morgan fingerprint density at radius 3 is 2.52 bits per heavy atom. The van der Waals surface area contributed by atoms with Crippen molar-refractivity contribution in [2.24, 2.45) is 0 Å². The Hall–Kier alpha value is -3.07. The molecule has 0 fully saturated rings. The Morgan fingerprint density at radius 1 is 1.13 bits per heavy atom. The van der Waals surface area contributed by atoms with Crippen LogP contribution in [0, 0.1) is 12.7 Å². The topological polar surface area (TPSA) is 51.2 Å². The molecule has 0 aliphatic rings. The van der Waals surface area contributed by atoms with Gasteiger partial charge in [0.15, 0.2) is 0 Å². The number of ether oxygens (including phenoxy) is 1. The number of nitrogens with zero attached hydrogens (tertiary/aromatic N) is 1. The molecule has 1 aromatic heterocycles. The highest BCUT2D eigenvalue weighted by Gasteiger charge is 2.31. The van der Waals surface area contributed by atoms with E-state index in [1.165, 1.54) is 37.6 Å². The van der Waals surface area contributed by atoms with Gasteiger partial charge in [0.2, 0.25) is 0 Å². The van der Waals surface area contributed by atoms with Crippen LogP contribution in [-0.4, -0.2) is 18.0 Å². The van der Waals surface area contributed by atoms with Crippen LogP contribution in [0.25, 0.3) is 11.1 Å². The molecule has 1 N–H and O–H groups in total. The normalized spacial score (nSPS) is 11.3. The number of rotatable bonds is 5. The molecule has 162 valence electrons. The second-order valence-electron chi connectivity index (χ2n) is 6.74. The maximum absolute atomic E-state index is 13.6. The van der Waals surface area contributed by atoms with Gasteiger partial charge in [0.25, 0.3) is 5.91 Å². The van der Waals surface area contributed by atoms with Gasteiger partial charge in [-0.2, -0.15) is 25.8 Å². The fraction of sp³-hybridized carbons (Fsp3) is 0.182. The quantitative estimate of drug-likeness (QED) is 0.376. The van der Waals surface area contributed by atoms with E-state index in [2.05, 4.69) is 22.9 Å². The average molecular weight is 450 g/mol. The lowest BCUT2D eigenvalue weighted by molar-refractivity contribution is -0.137. The van der Waals surface area contributed by atoms with Gasteiger partial charge < -0.3 is 10.1 Å². The zero-order chi connectivity index (χ0) is 22.8. The SMILES string of the molecule is COc1cc(F)ccc1-c1cc(C)ncc1NC(=O)c1cc(CS)cc(C(F)(F)F)c1. The monoisotopic (exact) mass is 450 g/mol. The molecule has 4 nitrogen and oxygen atoms in total. The lowest BCUT2D eigenvalue weighted by Crippen LogP contribution is -2.15. The number of carbonyl (C=O) groups excluding carboxylic acids is 1. The standard InChI is InChI=1S/C22H18F4N2O2S/c1-12-5-18(17-4-3-16(23)9-20(17)30-2)19(10-27-12)28-21(29)14-6-13(11-31)7-15(8-14)22(24,25)26/h3-10,31H,11H2,1-2H3,(H,28,29). The van der Waals surface area contributed by atoms with Crippen molar-refractivity contribution in [1.82, 2.24) is 4.98 Å². The summed E-state index contributed by atoms with van der Waals surface area (Å²) in [5.74, 6) is -0.978. The minimum atomic E-state index is -4.61. The van der Waals surface area contributed by atoms with E-state index >= 15 is 0 Å². The molecule has 31 heavy (non-hydrogen) atoms. The number of halogens is 4. The van der Waals surface area contributed by atoms with Crippen molar-refractivity contribution in [1.29, 1.82) is 0 Å². The Balaban J connectivity index is 2.04. The van der Waals surface area contributed by atoms with Crippen molar-refractivity contribution < 1.29 is 27.1 Å². The molecule has 1 amide bonds. The van der Waals surface area contributed by atoms with Crippen LogP contribution in [-0.2, 0) is 11.9 Å². The molecule has 0 saturated heterocycles. The van der Waals surface area contributed by atoms with E-state index in [4.69, 9.17) is 4.74 Å². The number of methoxy groups -OCH3 is 1. The highest BCUT2D eigenvalue weighted by Crippen LogP contribution is 2.36. The van der Waals surface area contributed by atoms with Gasteiger partial charge in [-0.15, -0.1) is 0 Å². The molecule has 0 atom stereocenters. The summed E-state index contributed by atoms with van der Waals surface area (Å²) < 4.78 is 58.5. The Bertz CT molecular complexity index is 1130. The number of pyridine rings is 1. The molecule has 2 aromatic carbocycles. The van der Waals surface area contributed by atoms with E-state index in [0.29, 0.717) is 16.8 Å². The number of thiol groups is 1. The molecule has 0 bridgehead atoms. The molecule has 0 aliphatic heterocycles. The Labute approximate surface area is 181 Å². The largest absolute Gasteiger partial charge is 0.496 e. The number of alkyl halides is 3. The predicted molar refractivity (Wildman–Crippen MR) is 113 cm³/mol. The fourth-order valence-corrected chi connectivity index (χ4v) is 3.22. The van der Waals surface area contributed by atoms with Gasteiger partial charge in [0.05, 0.1) is 24.6 Å². The second kappa shape index (κ2) is 8.97. The molecule has 0 aliphatic carbocycles. The zero-order valence-electron chi connectivity index (χ0n) is 16.5. The van der Waals surface area contributed by atoms with Crippen LogP contribution in [0.4, 0.5) is 23.2 Å². The summed E-state index contributed by atoms with van der Waals surface area (Å²) in [4.78, 5) is 17.0. The van der Waals surface area contributed by atoms with Crippen molar-refractivity contribution in [3.63, 3.8) is 0 Å². The van der Waals surface area contributed by atoms with Crippen LogP contribution in [0.1, 0.15) is 27.2 Å². The average Bonchev–Trinajstić information content (AvgIpc) is 2.73. The summed E-state index contributed by atoms with van der Waals surface area (Å²) in [7, 11) is 1.38. The molecule has 3 rings (SSSR count). The van der Waals surface area contributed by atoms with Crippen LogP contribution in [0.15, 0.2) is 48.7 Å². The second-order valence-corrected chi connectivity index (χ2v) is 7.06. The first kappa shape index (κ1) is 22.6. The van der Waals surface area contributed by atoms with E-state index in [1.54, 1.807) is 13.0 Å². The highest BCUT2D eigenvalue weighted by molar-refractivity contribution is 7.79. The molecule has 9 heteroatoms. The van der Waals surface area contributed by atoms with Gasteiger partial charge in [-0.3, -0.25) is 9.78 Å². The Morgan fingerprint density at radius 2 is 1.87 bits per heavy atom. The molecule has 3 aromatic rings. The van der Waals surface area contributed by atoms with E-state index in [1.807, 2.05) is 0 Å². The maximum atomic E-state index is 13.6. The number of anilines is 1. The number of nitrogens with one attached hydrogen (secondary N) is 1. The first-order valence-corrected chi connectivity index (χ1v) is 9.69. The minimum absolute atomic E-state index is 0.0360. The third-order valence-electron chi connectivity index (χ3n) is 4.51. The lowest BCUT2D eigenvalue weighted by Gasteiger charge is -2.16. The highest BCUT2D eigenvalue weighted by atomic mass is 32.1. The number of benzene rings is 2. The number of amides is 1. The summed E-state index contributed by atoms with van der Waals surface area (Å²) in [6.45, 7) is 1.73. The molecule has 0 spiro atoms. The third-order valence-corrected chi connectivity index (χ3v) is 4.87. The number of hydrogen-bond acceptors (Lipinski definition) is 4. The van der Waals surface area contributed by atoms with Crippen molar-refractivity contribution >= 4 is 24.2 Å². The van der Waals surface area contributed by atoms with Crippen molar-refractivity contribution in [2.75, 3.05) is 12.4 Å². The van der Waals surface area contributed by atoms with Crippen LogP contribution in [0.5, 0.6) is 5.75 Å². The van der Waals surface area contributed by atoms with E-state index in [0.717, 1.165) is 12.1 Å². The Kier molecular flexibility index (Phi) is 6.54. The zero-order valence-corrected chi connectivity index (χ0v) is 17.4. The van der Waals surface area contributed by atoms with Crippen LogP contribution in [0.3, 0.4) is 0 Å². The number of aryl methyl sites for hydroxylation is 1. The minimum Gasteiger partial charge on any atom is -0.496 e. The smallest absolute Gasteiger partial charge is 0.416 e. The molecular weight excluding hydrogens is 432 g/mol. The van der Waals surface area contributed by atoms with E-state index in [9.17, 15) is 22.4 Å². The first-order chi connectivity index (χ1) is 14.6. The van der Waals surface area contributed by atoms with Gasteiger partial charge in [-0.1, -0.05) is 0 Å². The van der Waals surface area contributed by atoms with Gasteiger partial charge in [0.1, 0.15) is 11.6 Å². The van der Waals surface area contributed by atoms with Crippen LogP contribution in [0.2, 0.25) is 0 Å². The fourth-order valence-electron chi connectivity index (χ4n) is 3.04. The van der Waals surface area contributed by atoms with Crippen molar-refractivity contribution in [3.8, 4) is 16.9 Å². The molecular formula is C22H18F4N2O2S. The third kappa shape index (κ3) is 5.16. The van der Waals surface area contributed by atoms with Crippen molar-refractivity contribution in [2.45, 2.75) is 18.9 Å². The lowest BCUT2D eigenvalue weighted by atomic mass is 10.0. The molecule has 0 unspecified atom stereocenters. The number of hydrogen-bond donors (Lipinski definition) is 2. The summed E-state index contributed by atoms with van der Waals surface area (Å²) in [6, 6.07) is 8.66. The summed E-state index contributed by atoms with van der Waals surface area (Å²) in [5, 5.41) is 2.61. The van der Waals surface area contributed by atoms with Gasteiger partial charge >= 0.3 is 6.18 Å². The molecule has 1 heterocycles. The van der Waals surface area contributed by atoms with Gasteiger partial charge in [-0.05, 0) is 48.9 Å².